The normalized spacial score (nSPS) is 14.5. The van der Waals surface area contributed by atoms with E-state index in [1.165, 1.54) is 24.3 Å². The Kier molecular flexibility index (Phi) is 4.46. The van der Waals surface area contributed by atoms with Crippen molar-refractivity contribution < 1.29 is 19.1 Å². The second-order valence-corrected chi connectivity index (χ2v) is 5.61. The number of nitrogens with zero attached hydrogens (tertiary/aromatic N) is 2. The van der Waals surface area contributed by atoms with Gasteiger partial charge in [0.2, 0.25) is 0 Å². The smallest absolute Gasteiger partial charge is 0.257 e. The highest BCUT2D eigenvalue weighted by atomic mass is 19.1. The van der Waals surface area contributed by atoms with E-state index in [0.29, 0.717) is 31.7 Å². The van der Waals surface area contributed by atoms with Gasteiger partial charge in [0.05, 0.1) is 5.56 Å². The number of halogens is 1. The van der Waals surface area contributed by atoms with E-state index in [4.69, 9.17) is 0 Å². The number of rotatable bonds is 2. The number of amides is 2. The summed E-state index contributed by atoms with van der Waals surface area (Å²) in [6.45, 7) is 1.48. The summed E-state index contributed by atoms with van der Waals surface area (Å²) < 4.78 is 13.2. The molecule has 1 heterocycles. The second kappa shape index (κ2) is 6.70. The third kappa shape index (κ3) is 3.22. The summed E-state index contributed by atoms with van der Waals surface area (Å²) in [5.41, 5.74) is 0.554. The zero-order valence-electron chi connectivity index (χ0n) is 13.0. The van der Waals surface area contributed by atoms with Crippen LogP contribution in [0.3, 0.4) is 0 Å². The minimum Gasteiger partial charge on any atom is -0.507 e. The van der Waals surface area contributed by atoms with Crippen molar-refractivity contribution in [1.82, 2.24) is 9.80 Å². The molecule has 0 unspecified atom stereocenters. The molecule has 3 rings (SSSR count). The first kappa shape index (κ1) is 16.0. The Balaban J connectivity index is 1.65. The number of benzene rings is 2. The number of carbonyl (C=O) groups is 2. The molecule has 1 fully saturated rings. The lowest BCUT2D eigenvalue weighted by Gasteiger charge is -2.35. The number of phenolic OH excluding ortho intramolecular Hbond substituents is 1. The van der Waals surface area contributed by atoms with Crippen LogP contribution in [0.2, 0.25) is 0 Å². The number of phenols is 1. The van der Waals surface area contributed by atoms with E-state index in [1.807, 2.05) is 0 Å². The summed E-state index contributed by atoms with van der Waals surface area (Å²) >= 11 is 0. The molecule has 0 aliphatic carbocycles. The van der Waals surface area contributed by atoms with Crippen LogP contribution in [0.25, 0.3) is 0 Å². The number of aromatic hydroxyl groups is 1. The van der Waals surface area contributed by atoms with E-state index >= 15 is 0 Å². The number of hydrogen-bond acceptors (Lipinski definition) is 3. The van der Waals surface area contributed by atoms with Crippen LogP contribution in [0, 0.1) is 5.82 Å². The monoisotopic (exact) mass is 328 g/mol. The number of para-hydroxylation sites is 1. The lowest BCUT2D eigenvalue weighted by molar-refractivity contribution is 0.0533. The Hall–Kier alpha value is -2.89. The first-order valence-corrected chi connectivity index (χ1v) is 7.68. The highest BCUT2D eigenvalue weighted by molar-refractivity contribution is 5.97. The van der Waals surface area contributed by atoms with Crippen molar-refractivity contribution in [3.63, 3.8) is 0 Å². The molecule has 6 heteroatoms. The maximum Gasteiger partial charge on any atom is 0.257 e. The molecule has 1 N–H and O–H groups in total. The fourth-order valence-corrected chi connectivity index (χ4v) is 2.74. The zero-order valence-corrected chi connectivity index (χ0v) is 13.0. The van der Waals surface area contributed by atoms with Crippen LogP contribution in [0.5, 0.6) is 5.75 Å². The van der Waals surface area contributed by atoms with E-state index in [1.54, 1.807) is 34.1 Å². The van der Waals surface area contributed by atoms with Crippen LogP contribution in [-0.4, -0.2) is 52.9 Å². The van der Waals surface area contributed by atoms with Gasteiger partial charge in [0.15, 0.2) is 0 Å². The molecule has 5 nitrogen and oxygen atoms in total. The highest BCUT2D eigenvalue weighted by Gasteiger charge is 2.26. The fourth-order valence-electron chi connectivity index (χ4n) is 2.74. The molecule has 0 bridgehead atoms. The predicted molar refractivity (Wildman–Crippen MR) is 86.3 cm³/mol. The lowest BCUT2D eigenvalue weighted by Crippen LogP contribution is -2.50. The van der Waals surface area contributed by atoms with Gasteiger partial charge in [-0.25, -0.2) is 4.39 Å². The molecule has 1 aliphatic heterocycles. The van der Waals surface area contributed by atoms with E-state index in [9.17, 15) is 19.1 Å². The van der Waals surface area contributed by atoms with Gasteiger partial charge in [0.1, 0.15) is 11.6 Å². The molecular weight excluding hydrogens is 311 g/mol. The Morgan fingerprint density at radius 3 is 2.12 bits per heavy atom. The van der Waals surface area contributed by atoms with Crippen molar-refractivity contribution in [3.05, 3.63) is 65.5 Å². The Labute approximate surface area is 138 Å². The van der Waals surface area contributed by atoms with Gasteiger partial charge in [-0.15, -0.1) is 0 Å². The number of carbonyl (C=O) groups excluding carboxylic acids is 2. The van der Waals surface area contributed by atoms with Crippen molar-refractivity contribution in [3.8, 4) is 5.75 Å². The van der Waals surface area contributed by atoms with Gasteiger partial charge in [-0.2, -0.15) is 0 Å². The van der Waals surface area contributed by atoms with E-state index in [0.717, 1.165) is 0 Å². The van der Waals surface area contributed by atoms with Gasteiger partial charge >= 0.3 is 0 Å². The minimum atomic E-state index is -0.450. The van der Waals surface area contributed by atoms with Gasteiger partial charge in [-0.3, -0.25) is 9.59 Å². The Morgan fingerprint density at radius 1 is 0.875 bits per heavy atom. The van der Waals surface area contributed by atoms with Crippen LogP contribution in [0.1, 0.15) is 20.7 Å². The number of piperazine rings is 1. The van der Waals surface area contributed by atoms with Crippen LogP contribution in [0.4, 0.5) is 4.39 Å². The fraction of sp³-hybridized carbons (Fsp3) is 0.222. The van der Waals surface area contributed by atoms with Crippen molar-refractivity contribution in [2.24, 2.45) is 0 Å². The topological polar surface area (TPSA) is 60.9 Å². The first-order chi connectivity index (χ1) is 11.6. The third-order valence-electron chi connectivity index (χ3n) is 4.06. The highest BCUT2D eigenvalue weighted by Crippen LogP contribution is 2.19. The number of hydrogen-bond donors (Lipinski definition) is 1. The maximum absolute atomic E-state index is 13.2. The molecule has 1 saturated heterocycles. The van der Waals surface area contributed by atoms with Gasteiger partial charge in [0, 0.05) is 31.7 Å². The van der Waals surface area contributed by atoms with Crippen molar-refractivity contribution in [2.75, 3.05) is 26.2 Å². The summed E-state index contributed by atoms with van der Waals surface area (Å²) in [6.07, 6.45) is 0. The summed E-state index contributed by atoms with van der Waals surface area (Å²) in [5, 5.41) is 9.78. The molecule has 124 valence electrons. The molecule has 2 aromatic carbocycles. The van der Waals surface area contributed by atoms with Gasteiger partial charge in [0.25, 0.3) is 11.8 Å². The molecule has 0 radical (unpaired) electrons. The average molecular weight is 328 g/mol. The predicted octanol–water partition coefficient (Wildman–Crippen LogP) is 2.13. The van der Waals surface area contributed by atoms with Gasteiger partial charge < -0.3 is 14.9 Å². The average Bonchev–Trinajstić information content (AvgIpc) is 2.61. The Morgan fingerprint density at radius 2 is 1.50 bits per heavy atom. The molecule has 0 atom stereocenters. The van der Waals surface area contributed by atoms with Crippen LogP contribution >= 0.6 is 0 Å². The molecule has 0 aromatic heterocycles. The van der Waals surface area contributed by atoms with Crippen molar-refractivity contribution >= 4 is 11.8 Å². The van der Waals surface area contributed by atoms with E-state index < -0.39 is 5.82 Å². The van der Waals surface area contributed by atoms with Crippen molar-refractivity contribution in [1.29, 1.82) is 0 Å². The Bertz CT molecular complexity index is 770. The molecule has 2 aromatic rings. The SMILES string of the molecule is O=C(c1cccc(F)c1)N1CCN(C(=O)c2ccccc2O)CC1. The van der Waals surface area contributed by atoms with Crippen LogP contribution in [-0.2, 0) is 0 Å². The largest absolute Gasteiger partial charge is 0.507 e. The molecule has 0 spiro atoms. The van der Waals surface area contributed by atoms with Gasteiger partial charge in [-0.05, 0) is 30.3 Å². The summed E-state index contributed by atoms with van der Waals surface area (Å²) in [5.74, 6) is -1.01. The quantitative estimate of drug-likeness (QED) is 0.919. The van der Waals surface area contributed by atoms with E-state index in [-0.39, 0.29) is 23.1 Å². The first-order valence-electron chi connectivity index (χ1n) is 7.68. The maximum atomic E-state index is 13.2. The third-order valence-corrected chi connectivity index (χ3v) is 4.06. The van der Waals surface area contributed by atoms with Gasteiger partial charge in [-0.1, -0.05) is 18.2 Å². The zero-order chi connectivity index (χ0) is 17.1. The summed E-state index contributed by atoms with van der Waals surface area (Å²) in [6, 6.07) is 12.0. The van der Waals surface area contributed by atoms with Crippen LogP contribution < -0.4 is 0 Å². The molecule has 0 saturated carbocycles. The molecule has 1 aliphatic rings. The molecule has 24 heavy (non-hydrogen) atoms. The summed E-state index contributed by atoms with van der Waals surface area (Å²) in [7, 11) is 0. The molecule has 2 amide bonds. The standard InChI is InChI=1S/C18H17FN2O3/c19-14-5-3-4-13(12-14)17(23)20-8-10-21(11-9-20)18(24)15-6-1-2-7-16(15)22/h1-7,12,22H,8-11H2. The minimum absolute atomic E-state index is 0.0548. The van der Waals surface area contributed by atoms with E-state index in [2.05, 4.69) is 0 Å². The summed E-state index contributed by atoms with van der Waals surface area (Å²) in [4.78, 5) is 28.0. The van der Waals surface area contributed by atoms with Crippen molar-refractivity contribution in [2.45, 2.75) is 0 Å². The van der Waals surface area contributed by atoms with Crippen LogP contribution in [0.15, 0.2) is 48.5 Å². The lowest BCUT2D eigenvalue weighted by atomic mass is 10.1. The molecular formula is C18H17FN2O3. The second-order valence-electron chi connectivity index (χ2n) is 5.61.